The van der Waals surface area contributed by atoms with Crippen LogP contribution in [0.1, 0.15) is 32.6 Å². The molecule has 1 heterocycles. The molecule has 1 unspecified atom stereocenters. The van der Waals surface area contributed by atoms with Crippen LogP contribution in [0.15, 0.2) is 0 Å². The molecule has 0 bridgehead atoms. The molecule has 80 valence electrons. The molecule has 0 N–H and O–H groups in total. The van der Waals surface area contributed by atoms with Gasteiger partial charge >= 0.3 is 5.97 Å². The SMILES string of the molecule is CCOC(=O)CCC(=O)C1CCCO1. The Bertz CT molecular complexity index is 206. The Hall–Kier alpha value is -0.900. The average molecular weight is 200 g/mol. The average Bonchev–Trinajstić information content (AvgIpc) is 2.67. The van der Waals surface area contributed by atoms with Gasteiger partial charge in [-0.15, -0.1) is 0 Å². The lowest BCUT2D eigenvalue weighted by molar-refractivity contribution is -0.145. The van der Waals surface area contributed by atoms with Gasteiger partial charge in [0.05, 0.1) is 13.0 Å². The van der Waals surface area contributed by atoms with Crippen molar-refractivity contribution in [3.8, 4) is 0 Å². The van der Waals surface area contributed by atoms with Crippen LogP contribution >= 0.6 is 0 Å². The van der Waals surface area contributed by atoms with Crippen molar-refractivity contribution in [1.82, 2.24) is 0 Å². The zero-order chi connectivity index (χ0) is 10.4. The van der Waals surface area contributed by atoms with E-state index in [9.17, 15) is 9.59 Å². The predicted molar refractivity (Wildman–Crippen MR) is 49.8 cm³/mol. The van der Waals surface area contributed by atoms with Gasteiger partial charge in [0, 0.05) is 13.0 Å². The Labute approximate surface area is 83.6 Å². The van der Waals surface area contributed by atoms with Gasteiger partial charge in [0.25, 0.3) is 0 Å². The molecular weight excluding hydrogens is 184 g/mol. The molecule has 4 heteroatoms. The van der Waals surface area contributed by atoms with Crippen molar-refractivity contribution in [2.45, 2.75) is 38.7 Å². The number of esters is 1. The number of Topliss-reactive ketones (excluding diaryl/α,β-unsaturated/α-hetero) is 1. The standard InChI is InChI=1S/C10H16O4/c1-2-13-10(12)6-5-8(11)9-4-3-7-14-9/h9H,2-7H2,1H3. The van der Waals surface area contributed by atoms with Crippen molar-refractivity contribution in [2.24, 2.45) is 0 Å². The number of hydrogen-bond acceptors (Lipinski definition) is 4. The summed E-state index contributed by atoms with van der Waals surface area (Å²) in [5.74, 6) is -0.283. The molecule has 1 aliphatic heterocycles. The van der Waals surface area contributed by atoms with E-state index in [-0.39, 0.29) is 30.7 Å². The highest BCUT2D eigenvalue weighted by molar-refractivity contribution is 5.86. The van der Waals surface area contributed by atoms with Crippen LogP contribution in [0.5, 0.6) is 0 Å². The van der Waals surface area contributed by atoms with Gasteiger partial charge in [-0.3, -0.25) is 9.59 Å². The van der Waals surface area contributed by atoms with Crippen LogP contribution in [-0.2, 0) is 19.1 Å². The number of hydrogen-bond donors (Lipinski definition) is 0. The van der Waals surface area contributed by atoms with Gasteiger partial charge in [-0.05, 0) is 19.8 Å². The van der Waals surface area contributed by atoms with Gasteiger partial charge in [0.2, 0.25) is 0 Å². The molecule has 1 aliphatic rings. The van der Waals surface area contributed by atoms with Crippen LogP contribution < -0.4 is 0 Å². The van der Waals surface area contributed by atoms with Crippen LogP contribution in [0.25, 0.3) is 0 Å². The molecule has 1 saturated heterocycles. The molecule has 0 aromatic rings. The summed E-state index contributed by atoms with van der Waals surface area (Å²) in [6.07, 6.45) is 1.87. The number of ketones is 1. The first-order valence-electron chi connectivity index (χ1n) is 5.04. The first kappa shape index (κ1) is 11.2. The van der Waals surface area contributed by atoms with Gasteiger partial charge in [-0.2, -0.15) is 0 Å². The summed E-state index contributed by atoms with van der Waals surface area (Å²) in [5.41, 5.74) is 0. The van der Waals surface area contributed by atoms with E-state index in [2.05, 4.69) is 0 Å². The minimum atomic E-state index is -0.307. The fourth-order valence-corrected chi connectivity index (χ4v) is 1.45. The van der Waals surface area contributed by atoms with Gasteiger partial charge in [-0.25, -0.2) is 0 Å². The summed E-state index contributed by atoms with van der Waals surface area (Å²) < 4.78 is 9.93. The van der Waals surface area contributed by atoms with E-state index in [0.29, 0.717) is 13.2 Å². The maximum Gasteiger partial charge on any atom is 0.306 e. The van der Waals surface area contributed by atoms with E-state index >= 15 is 0 Å². The molecule has 1 atom stereocenters. The Balaban J connectivity index is 2.17. The fourth-order valence-electron chi connectivity index (χ4n) is 1.45. The lowest BCUT2D eigenvalue weighted by Gasteiger charge is -2.07. The molecular formula is C10H16O4. The summed E-state index contributed by atoms with van der Waals surface area (Å²) in [4.78, 5) is 22.4. The van der Waals surface area contributed by atoms with Crippen molar-refractivity contribution in [3.05, 3.63) is 0 Å². The van der Waals surface area contributed by atoms with Gasteiger partial charge in [0.1, 0.15) is 6.10 Å². The van der Waals surface area contributed by atoms with Gasteiger partial charge < -0.3 is 9.47 Å². The highest BCUT2D eigenvalue weighted by Gasteiger charge is 2.23. The normalized spacial score (nSPS) is 20.8. The monoisotopic (exact) mass is 200 g/mol. The highest BCUT2D eigenvalue weighted by atomic mass is 16.5. The van der Waals surface area contributed by atoms with Crippen LogP contribution in [-0.4, -0.2) is 31.1 Å². The lowest BCUT2D eigenvalue weighted by atomic mass is 10.1. The largest absolute Gasteiger partial charge is 0.466 e. The van der Waals surface area contributed by atoms with E-state index in [1.807, 2.05) is 0 Å². The topological polar surface area (TPSA) is 52.6 Å². The Morgan fingerprint density at radius 1 is 1.43 bits per heavy atom. The summed E-state index contributed by atoms with van der Waals surface area (Å²) in [6, 6.07) is 0. The van der Waals surface area contributed by atoms with Crippen LogP contribution in [0.3, 0.4) is 0 Å². The first-order chi connectivity index (χ1) is 6.74. The number of carbonyl (C=O) groups excluding carboxylic acids is 2. The Kier molecular flexibility index (Phi) is 4.59. The van der Waals surface area contributed by atoms with Crippen molar-refractivity contribution in [3.63, 3.8) is 0 Å². The van der Waals surface area contributed by atoms with Crippen LogP contribution in [0.4, 0.5) is 0 Å². The number of carbonyl (C=O) groups is 2. The third-order valence-electron chi connectivity index (χ3n) is 2.17. The molecule has 0 spiro atoms. The summed E-state index contributed by atoms with van der Waals surface area (Å²) >= 11 is 0. The lowest BCUT2D eigenvalue weighted by Crippen LogP contribution is -2.20. The second kappa shape index (κ2) is 5.75. The second-order valence-electron chi connectivity index (χ2n) is 3.27. The smallest absolute Gasteiger partial charge is 0.306 e. The molecule has 4 nitrogen and oxygen atoms in total. The molecule has 0 aromatic carbocycles. The van der Waals surface area contributed by atoms with E-state index in [1.165, 1.54) is 0 Å². The minimum Gasteiger partial charge on any atom is -0.466 e. The molecule has 1 rings (SSSR count). The molecule has 14 heavy (non-hydrogen) atoms. The van der Waals surface area contributed by atoms with Crippen molar-refractivity contribution < 1.29 is 19.1 Å². The van der Waals surface area contributed by atoms with E-state index in [1.54, 1.807) is 6.92 Å². The fraction of sp³-hybridized carbons (Fsp3) is 0.800. The van der Waals surface area contributed by atoms with Crippen molar-refractivity contribution >= 4 is 11.8 Å². The molecule has 0 aromatic heterocycles. The summed E-state index contributed by atoms with van der Waals surface area (Å²) in [7, 11) is 0. The summed E-state index contributed by atoms with van der Waals surface area (Å²) in [5, 5.41) is 0. The first-order valence-corrected chi connectivity index (χ1v) is 5.04. The quantitative estimate of drug-likeness (QED) is 0.623. The van der Waals surface area contributed by atoms with Crippen molar-refractivity contribution in [2.75, 3.05) is 13.2 Å². The van der Waals surface area contributed by atoms with Crippen molar-refractivity contribution in [1.29, 1.82) is 0 Å². The van der Waals surface area contributed by atoms with Crippen LogP contribution in [0.2, 0.25) is 0 Å². The molecule has 0 radical (unpaired) electrons. The van der Waals surface area contributed by atoms with E-state index in [4.69, 9.17) is 9.47 Å². The number of rotatable bonds is 5. The Morgan fingerprint density at radius 2 is 2.21 bits per heavy atom. The summed E-state index contributed by atoms with van der Waals surface area (Å²) in [6.45, 7) is 2.78. The molecule has 1 fully saturated rings. The molecule has 0 saturated carbocycles. The van der Waals surface area contributed by atoms with Gasteiger partial charge in [-0.1, -0.05) is 0 Å². The Morgan fingerprint density at radius 3 is 2.79 bits per heavy atom. The maximum absolute atomic E-state index is 11.4. The maximum atomic E-state index is 11.4. The molecule has 0 amide bonds. The second-order valence-corrected chi connectivity index (χ2v) is 3.27. The third-order valence-corrected chi connectivity index (χ3v) is 2.17. The van der Waals surface area contributed by atoms with E-state index in [0.717, 1.165) is 12.8 Å². The molecule has 0 aliphatic carbocycles. The number of ether oxygens (including phenoxy) is 2. The van der Waals surface area contributed by atoms with Gasteiger partial charge in [0.15, 0.2) is 5.78 Å². The zero-order valence-electron chi connectivity index (χ0n) is 8.45. The van der Waals surface area contributed by atoms with E-state index < -0.39 is 0 Å². The third kappa shape index (κ3) is 3.46. The minimum absolute atomic E-state index is 0.0237. The predicted octanol–water partition coefficient (Wildman–Crippen LogP) is 1.08. The zero-order valence-corrected chi connectivity index (χ0v) is 8.45. The van der Waals surface area contributed by atoms with Crippen LogP contribution in [0, 0.1) is 0 Å². The highest BCUT2D eigenvalue weighted by Crippen LogP contribution is 2.15.